The average molecular weight is 408 g/mol. The molecule has 0 spiro atoms. The average Bonchev–Trinajstić information content (AvgIpc) is 2.69. The second-order valence-electron chi connectivity index (χ2n) is 6.12. The zero-order valence-corrected chi connectivity index (χ0v) is 16.3. The normalized spacial score (nSPS) is 11.5. The molecule has 2 aromatic carbocycles. The Morgan fingerprint density at radius 1 is 1.10 bits per heavy atom. The monoisotopic (exact) mass is 408 g/mol. The van der Waals surface area contributed by atoms with Gasteiger partial charge in [-0.25, -0.2) is 5.43 Å². The molecule has 0 fully saturated rings. The van der Waals surface area contributed by atoms with Crippen molar-refractivity contribution in [1.29, 1.82) is 0 Å². The SMILES string of the molecule is CCCCOc1ccc(/C=N/NC(=O)c2cccc(C(F)(F)F)c2)cc1OCC. The highest BCUT2D eigenvalue weighted by atomic mass is 19.4. The van der Waals surface area contributed by atoms with Gasteiger partial charge in [0.05, 0.1) is 25.0 Å². The van der Waals surface area contributed by atoms with E-state index in [1.165, 1.54) is 18.3 Å². The summed E-state index contributed by atoms with van der Waals surface area (Å²) in [4.78, 5) is 12.0. The number of unbranched alkanes of at least 4 members (excludes halogenated alkanes) is 1. The van der Waals surface area contributed by atoms with Crippen molar-refractivity contribution in [2.45, 2.75) is 32.9 Å². The van der Waals surface area contributed by atoms with Gasteiger partial charge in [-0.2, -0.15) is 18.3 Å². The lowest BCUT2D eigenvalue weighted by Crippen LogP contribution is -2.18. The number of benzene rings is 2. The van der Waals surface area contributed by atoms with E-state index in [-0.39, 0.29) is 5.56 Å². The first-order chi connectivity index (χ1) is 13.8. The summed E-state index contributed by atoms with van der Waals surface area (Å²) in [5, 5.41) is 3.81. The van der Waals surface area contributed by atoms with Gasteiger partial charge in [0.1, 0.15) is 0 Å². The van der Waals surface area contributed by atoms with E-state index in [4.69, 9.17) is 9.47 Å². The Morgan fingerprint density at radius 2 is 1.90 bits per heavy atom. The van der Waals surface area contributed by atoms with Gasteiger partial charge in [0.15, 0.2) is 11.5 Å². The highest BCUT2D eigenvalue weighted by Crippen LogP contribution is 2.30. The molecule has 156 valence electrons. The van der Waals surface area contributed by atoms with Crippen LogP contribution in [0, 0.1) is 0 Å². The fourth-order valence-corrected chi connectivity index (χ4v) is 2.39. The molecule has 0 bridgehead atoms. The number of halogens is 3. The van der Waals surface area contributed by atoms with Crippen LogP contribution in [0.15, 0.2) is 47.6 Å². The van der Waals surface area contributed by atoms with Crippen LogP contribution in [-0.4, -0.2) is 25.3 Å². The van der Waals surface area contributed by atoms with Crippen LogP contribution in [0.25, 0.3) is 0 Å². The summed E-state index contributed by atoms with van der Waals surface area (Å²) in [6, 6.07) is 9.34. The number of carbonyl (C=O) groups excluding carboxylic acids is 1. The van der Waals surface area contributed by atoms with E-state index >= 15 is 0 Å². The van der Waals surface area contributed by atoms with Crippen LogP contribution >= 0.6 is 0 Å². The third-order valence-corrected chi connectivity index (χ3v) is 3.85. The molecule has 0 aliphatic rings. The summed E-state index contributed by atoms with van der Waals surface area (Å²) in [5.74, 6) is 0.430. The molecule has 2 rings (SSSR count). The number of amides is 1. The van der Waals surface area contributed by atoms with Crippen LogP contribution in [0.1, 0.15) is 48.2 Å². The fraction of sp³-hybridized carbons (Fsp3) is 0.333. The number of hydrogen-bond donors (Lipinski definition) is 1. The Morgan fingerprint density at radius 3 is 2.59 bits per heavy atom. The van der Waals surface area contributed by atoms with Crippen LogP contribution in [0.3, 0.4) is 0 Å². The van der Waals surface area contributed by atoms with Crippen LogP contribution in [0.5, 0.6) is 11.5 Å². The molecule has 0 radical (unpaired) electrons. The molecule has 2 aromatic rings. The number of hydrogen-bond acceptors (Lipinski definition) is 4. The molecule has 0 aromatic heterocycles. The summed E-state index contributed by atoms with van der Waals surface area (Å²) in [6.07, 6.45) is -1.20. The fourth-order valence-electron chi connectivity index (χ4n) is 2.39. The summed E-state index contributed by atoms with van der Waals surface area (Å²) >= 11 is 0. The lowest BCUT2D eigenvalue weighted by molar-refractivity contribution is -0.137. The lowest BCUT2D eigenvalue weighted by atomic mass is 10.1. The van der Waals surface area contributed by atoms with Crippen molar-refractivity contribution >= 4 is 12.1 Å². The first-order valence-corrected chi connectivity index (χ1v) is 9.25. The van der Waals surface area contributed by atoms with Crippen LogP contribution in [0.4, 0.5) is 13.2 Å². The molecule has 29 heavy (non-hydrogen) atoms. The quantitative estimate of drug-likeness (QED) is 0.359. The summed E-state index contributed by atoms with van der Waals surface area (Å²) in [6.45, 7) is 4.96. The van der Waals surface area contributed by atoms with E-state index < -0.39 is 17.6 Å². The molecule has 0 atom stereocenters. The number of nitrogens with one attached hydrogen (secondary N) is 1. The first kappa shape index (κ1) is 22.3. The number of rotatable bonds is 9. The number of hydrazone groups is 1. The molecule has 5 nitrogen and oxygen atoms in total. The van der Waals surface area contributed by atoms with Crippen molar-refractivity contribution < 1.29 is 27.4 Å². The predicted molar refractivity (Wildman–Crippen MR) is 105 cm³/mol. The van der Waals surface area contributed by atoms with Crippen molar-refractivity contribution in [3.63, 3.8) is 0 Å². The van der Waals surface area contributed by atoms with Gasteiger partial charge in [-0.05, 0) is 55.3 Å². The molecule has 0 aliphatic heterocycles. The van der Waals surface area contributed by atoms with E-state index in [2.05, 4.69) is 17.5 Å². The van der Waals surface area contributed by atoms with Crippen molar-refractivity contribution in [2.75, 3.05) is 13.2 Å². The lowest BCUT2D eigenvalue weighted by Gasteiger charge is -2.12. The zero-order valence-electron chi connectivity index (χ0n) is 16.3. The molecule has 0 saturated carbocycles. The van der Waals surface area contributed by atoms with Gasteiger partial charge in [0.2, 0.25) is 0 Å². The minimum absolute atomic E-state index is 0.133. The highest BCUT2D eigenvalue weighted by molar-refractivity contribution is 5.95. The van der Waals surface area contributed by atoms with Gasteiger partial charge in [0.25, 0.3) is 5.91 Å². The summed E-state index contributed by atoms with van der Waals surface area (Å²) in [7, 11) is 0. The molecular weight excluding hydrogens is 385 g/mol. The van der Waals surface area contributed by atoms with E-state index in [0.29, 0.717) is 30.3 Å². The van der Waals surface area contributed by atoms with Crippen molar-refractivity contribution in [1.82, 2.24) is 5.43 Å². The Balaban J connectivity index is 2.05. The molecule has 1 amide bonds. The minimum Gasteiger partial charge on any atom is -0.490 e. The number of alkyl halides is 3. The third kappa shape index (κ3) is 6.81. The van der Waals surface area contributed by atoms with E-state index in [9.17, 15) is 18.0 Å². The summed E-state index contributed by atoms with van der Waals surface area (Å²) in [5.41, 5.74) is 1.84. The van der Waals surface area contributed by atoms with Gasteiger partial charge in [-0.1, -0.05) is 19.4 Å². The Labute approximate surface area is 167 Å². The smallest absolute Gasteiger partial charge is 0.416 e. The van der Waals surface area contributed by atoms with Crippen LogP contribution in [-0.2, 0) is 6.18 Å². The standard InChI is InChI=1S/C21H23F3N2O3/c1-3-5-11-29-18-10-9-15(12-19(18)28-4-2)14-25-26-20(27)16-7-6-8-17(13-16)21(22,23)24/h6-10,12-14H,3-5,11H2,1-2H3,(H,26,27)/b25-14+. The molecule has 8 heteroatoms. The van der Waals surface area contributed by atoms with Crippen LogP contribution < -0.4 is 14.9 Å². The van der Waals surface area contributed by atoms with Gasteiger partial charge in [-0.15, -0.1) is 0 Å². The van der Waals surface area contributed by atoms with Crippen LogP contribution in [0.2, 0.25) is 0 Å². The van der Waals surface area contributed by atoms with Gasteiger partial charge in [0, 0.05) is 5.56 Å². The summed E-state index contributed by atoms with van der Waals surface area (Å²) < 4.78 is 49.5. The first-order valence-electron chi connectivity index (χ1n) is 9.25. The molecule has 1 N–H and O–H groups in total. The van der Waals surface area contributed by atoms with E-state index in [1.807, 2.05) is 6.92 Å². The van der Waals surface area contributed by atoms with E-state index in [1.54, 1.807) is 18.2 Å². The maximum absolute atomic E-state index is 12.8. The predicted octanol–water partition coefficient (Wildman–Crippen LogP) is 5.05. The number of nitrogens with zero attached hydrogens (tertiary/aromatic N) is 1. The molecule has 0 saturated heterocycles. The highest BCUT2D eigenvalue weighted by Gasteiger charge is 2.30. The van der Waals surface area contributed by atoms with Crippen molar-refractivity contribution in [3.05, 3.63) is 59.2 Å². The third-order valence-electron chi connectivity index (χ3n) is 3.85. The number of carbonyl (C=O) groups is 1. The zero-order chi connectivity index (χ0) is 21.3. The molecule has 0 unspecified atom stereocenters. The number of ether oxygens (including phenoxy) is 2. The van der Waals surface area contributed by atoms with Gasteiger partial charge < -0.3 is 9.47 Å². The molecule has 0 heterocycles. The Bertz CT molecular complexity index is 851. The van der Waals surface area contributed by atoms with Gasteiger partial charge >= 0.3 is 6.18 Å². The Kier molecular flexibility index (Phi) is 8.06. The van der Waals surface area contributed by atoms with Crippen molar-refractivity contribution in [2.24, 2.45) is 5.10 Å². The molecular formula is C21H23F3N2O3. The van der Waals surface area contributed by atoms with Crippen molar-refractivity contribution in [3.8, 4) is 11.5 Å². The minimum atomic E-state index is -4.52. The second kappa shape index (κ2) is 10.5. The topological polar surface area (TPSA) is 59.9 Å². The maximum atomic E-state index is 12.8. The largest absolute Gasteiger partial charge is 0.490 e. The maximum Gasteiger partial charge on any atom is 0.416 e. The second-order valence-corrected chi connectivity index (χ2v) is 6.12. The van der Waals surface area contributed by atoms with E-state index in [0.717, 1.165) is 25.0 Å². The molecule has 0 aliphatic carbocycles. The van der Waals surface area contributed by atoms with Gasteiger partial charge in [-0.3, -0.25) is 4.79 Å². The Hall–Kier alpha value is -3.03.